The third-order valence-corrected chi connectivity index (χ3v) is 3.19. The number of carbonyl (C=O) groups is 1. The van der Waals surface area contributed by atoms with E-state index in [-0.39, 0.29) is 25.8 Å². The number of nitrogens with zero attached hydrogens (tertiary/aromatic N) is 1. The van der Waals surface area contributed by atoms with Crippen molar-refractivity contribution in [3.05, 3.63) is 23.3 Å². The molecule has 2 rings (SSSR count). The van der Waals surface area contributed by atoms with Gasteiger partial charge in [0, 0.05) is 13.1 Å². The fraction of sp³-hybridized carbons (Fsp3) is 0.462. The number of urea groups is 1. The number of anilines is 1. The van der Waals surface area contributed by atoms with Gasteiger partial charge in [-0.15, -0.1) is 0 Å². The van der Waals surface area contributed by atoms with Crippen LogP contribution in [-0.4, -0.2) is 43.8 Å². The number of amides is 2. The molecule has 1 saturated heterocycles. The SMILES string of the molecule is COc1c(F)c(F)c(NC(=O)N2CCO[C@H](C)C2)c(F)c1F. The zero-order valence-electron chi connectivity index (χ0n) is 11.9. The molecule has 9 heteroatoms. The first-order valence-electron chi connectivity index (χ1n) is 6.44. The molecule has 0 unspecified atom stereocenters. The number of methoxy groups -OCH3 is 1. The first kappa shape index (κ1) is 16.3. The van der Waals surface area contributed by atoms with E-state index in [2.05, 4.69) is 4.74 Å². The van der Waals surface area contributed by atoms with Crippen LogP contribution in [0.25, 0.3) is 0 Å². The van der Waals surface area contributed by atoms with Crippen molar-refractivity contribution in [3.8, 4) is 5.75 Å². The van der Waals surface area contributed by atoms with Crippen LogP contribution >= 0.6 is 0 Å². The summed E-state index contributed by atoms with van der Waals surface area (Å²) in [6.45, 7) is 2.36. The predicted octanol–water partition coefficient (Wildman–Crippen LogP) is 2.50. The van der Waals surface area contributed by atoms with Crippen molar-refractivity contribution in [2.75, 3.05) is 32.1 Å². The Kier molecular flexibility index (Phi) is 4.74. The van der Waals surface area contributed by atoms with Crippen LogP contribution in [-0.2, 0) is 4.74 Å². The Labute approximate surface area is 123 Å². The quantitative estimate of drug-likeness (QED) is 0.672. The molecule has 0 aliphatic carbocycles. The molecule has 1 fully saturated rings. The number of ether oxygens (including phenoxy) is 2. The molecule has 1 atom stereocenters. The Hall–Kier alpha value is -2.03. The van der Waals surface area contributed by atoms with E-state index in [1.807, 2.05) is 5.32 Å². The Morgan fingerprint density at radius 2 is 1.82 bits per heavy atom. The number of hydrogen-bond acceptors (Lipinski definition) is 3. The lowest BCUT2D eigenvalue weighted by atomic mass is 10.2. The number of hydrogen-bond donors (Lipinski definition) is 1. The van der Waals surface area contributed by atoms with E-state index < -0.39 is 40.7 Å². The van der Waals surface area contributed by atoms with Crippen molar-refractivity contribution in [1.82, 2.24) is 4.90 Å². The van der Waals surface area contributed by atoms with E-state index in [1.165, 1.54) is 4.90 Å². The van der Waals surface area contributed by atoms with Gasteiger partial charge in [0.1, 0.15) is 5.69 Å². The molecule has 1 N–H and O–H groups in total. The predicted molar refractivity (Wildman–Crippen MR) is 68.8 cm³/mol. The van der Waals surface area contributed by atoms with Crippen LogP contribution in [0.1, 0.15) is 6.92 Å². The summed E-state index contributed by atoms with van der Waals surface area (Å²) in [6, 6.07) is -0.878. The molecule has 1 aromatic rings. The van der Waals surface area contributed by atoms with Crippen LogP contribution < -0.4 is 10.1 Å². The van der Waals surface area contributed by atoms with Crippen molar-refractivity contribution in [2.24, 2.45) is 0 Å². The second-order valence-corrected chi connectivity index (χ2v) is 4.72. The van der Waals surface area contributed by atoms with E-state index in [1.54, 1.807) is 6.92 Å². The number of nitrogens with one attached hydrogen (secondary N) is 1. The van der Waals surface area contributed by atoms with Gasteiger partial charge in [0.2, 0.25) is 11.6 Å². The lowest BCUT2D eigenvalue weighted by Gasteiger charge is -2.31. The molecule has 1 aromatic carbocycles. The van der Waals surface area contributed by atoms with Crippen LogP contribution in [0.5, 0.6) is 5.75 Å². The Morgan fingerprint density at radius 1 is 1.23 bits per heavy atom. The van der Waals surface area contributed by atoms with Crippen molar-refractivity contribution < 1.29 is 31.8 Å². The average Bonchev–Trinajstić information content (AvgIpc) is 2.50. The molecule has 0 spiro atoms. The van der Waals surface area contributed by atoms with Crippen molar-refractivity contribution in [3.63, 3.8) is 0 Å². The Balaban J connectivity index is 2.28. The van der Waals surface area contributed by atoms with Gasteiger partial charge in [-0.25, -0.2) is 13.6 Å². The molecule has 1 heterocycles. The molecule has 1 aliphatic heterocycles. The van der Waals surface area contributed by atoms with Gasteiger partial charge in [-0.2, -0.15) is 8.78 Å². The molecule has 122 valence electrons. The minimum absolute atomic E-state index is 0.191. The van der Waals surface area contributed by atoms with Crippen LogP contribution in [0, 0.1) is 23.3 Å². The highest BCUT2D eigenvalue weighted by Crippen LogP contribution is 2.33. The summed E-state index contributed by atoms with van der Waals surface area (Å²) in [6.07, 6.45) is -0.251. The highest BCUT2D eigenvalue weighted by molar-refractivity contribution is 5.89. The van der Waals surface area contributed by atoms with Gasteiger partial charge in [-0.1, -0.05) is 0 Å². The summed E-state index contributed by atoms with van der Waals surface area (Å²) >= 11 is 0. The maximum Gasteiger partial charge on any atom is 0.322 e. The van der Waals surface area contributed by atoms with E-state index in [0.717, 1.165) is 7.11 Å². The fourth-order valence-electron chi connectivity index (χ4n) is 2.09. The number of benzene rings is 1. The monoisotopic (exact) mass is 322 g/mol. The van der Waals surface area contributed by atoms with E-state index in [4.69, 9.17) is 4.74 Å². The highest BCUT2D eigenvalue weighted by Gasteiger charge is 2.29. The third kappa shape index (κ3) is 2.94. The van der Waals surface area contributed by atoms with Gasteiger partial charge in [-0.05, 0) is 6.92 Å². The molecule has 0 radical (unpaired) electrons. The van der Waals surface area contributed by atoms with Crippen LogP contribution in [0.15, 0.2) is 0 Å². The molecule has 0 bridgehead atoms. The Morgan fingerprint density at radius 3 is 2.32 bits per heavy atom. The van der Waals surface area contributed by atoms with Gasteiger partial charge in [0.15, 0.2) is 17.4 Å². The lowest BCUT2D eigenvalue weighted by Crippen LogP contribution is -2.46. The summed E-state index contributed by atoms with van der Waals surface area (Å²) < 4.78 is 64.2. The number of morpholine rings is 1. The molecular formula is C13H14F4N2O3. The van der Waals surface area contributed by atoms with Gasteiger partial charge < -0.3 is 19.7 Å². The van der Waals surface area contributed by atoms with Gasteiger partial charge >= 0.3 is 6.03 Å². The lowest BCUT2D eigenvalue weighted by molar-refractivity contribution is -0.00140. The molecule has 0 saturated carbocycles. The molecule has 0 aromatic heterocycles. The maximum absolute atomic E-state index is 13.8. The second-order valence-electron chi connectivity index (χ2n) is 4.72. The summed E-state index contributed by atoms with van der Waals surface area (Å²) in [5, 5.41) is 1.85. The molecular weight excluding hydrogens is 308 g/mol. The van der Waals surface area contributed by atoms with E-state index >= 15 is 0 Å². The zero-order chi connectivity index (χ0) is 16.4. The molecule has 1 aliphatic rings. The molecule has 22 heavy (non-hydrogen) atoms. The van der Waals surface area contributed by atoms with Crippen LogP contribution in [0.4, 0.5) is 28.0 Å². The largest absolute Gasteiger partial charge is 0.491 e. The van der Waals surface area contributed by atoms with Crippen molar-refractivity contribution in [1.29, 1.82) is 0 Å². The zero-order valence-corrected chi connectivity index (χ0v) is 11.9. The maximum atomic E-state index is 13.8. The minimum Gasteiger partial charge on any atom is -0.491 e. The van der Waals surface area contributed by atoms with E-state index in [9.17, 15) is 22.4 Å². The van der Waals surface area contributed by atoms with Crippen molar-refractivity contribution in [2.45, 2.75) is 13.0 Å². The smallest absolute Gasteiger partial charge is 0.322 e. The third-order valence-electron chi connectivity index (χ3n) is 3.19. The number of carbonyl (C=O) groups excluding carboxylic acids is 1. The summed E-state index contributed by atoms with van der Waals surface area (Å²) in [5.74, 6) is -8.08. The first-order valence-corrected chi connectivity index (χ1v) is 6.44. The van der Waals surface area contributed by atoms with Crippen LogP contribution in [0.3, 0.4) is 0 Å². The number of halogens is 4. The van der Waals surface area contributed by atoms with Gasteiger partial charge in [-0.3, -0.25) is 0 Å². The average molecular weight is 322 g/mol. The fourth-order valence-corrected chi connectivity index (χ4v) is 2.09. The second kappa shape index (κ2) is 6.39. The summed E-state index contributed by atoms with van der Waals surface area (Å²) in [7, 11) is 0.869. The Bertz CT molecular complexity index is 568. The van der Waals surface area contributed by atoms with Gasteiger partial charge in [0.25, 0.3) is 0 Å². The topological polar surface area (TPSA) is 50.8 Å². The summed E-state index contributed by atoms with van der Waals surface area (Å²) in [4.78, 5) is 13.2. The minimum atomic E-state index is -1.73. The molecule has 2 amide bonds. The van der Waals surface area contributed by atoms with Crippen LogP contribution in [0.2, 0.25) is 0 Å². The number of rotatable bonds is 2. The standard InChI is InChI=1S/C13H14F4N2O3/c1-6-5-19(3-4-22-6)13(20)18-11-7(14)9(16)12(21-2)10(17)8(11)15/h6H,3-5H2,1-2H3,(H,18,20)/t6-/m1/s1. The van der Waals surface area contributed by atoms with Crippen molar-refractivity contribution >= 4 is 11.7 Å². The summed E-state index contributed by atoms with van der Waals surface area (Å²) in [5.41, 5.74) is -1.19. The van der Waals surface area contributed by atoms with Gasteiger partial charge in [0.05, 0.1) is 19.8 Å². The normalized spacial score (nSPS) is 18.3. The highest BCUT2D eigenvalue weighted by atomic mass is 19.2. The van der Waals surface area contributed by atoms with E-state index in [0.29, 0.717) is 0 Å². The molecule has 5 nitrogen and oxygen atoms in total. The first-order chi connectivity index (χ1) is 10.4.